The summed E-state index contributed by atoms with van der Waals surface area (Å²) in [6, 6.07) is 14.7. The lowest BCUT2D eigenvalue weighted by Crippen LogP contribution is -2.12. The predicted molar refractivity (Wildman–Crippen MR) is 90.2 cm³/mol. The molecule has 0 saturated carbocycles. The summed E-state index contributed by atoms with van der Waals surface area (Å²) in [6.45, 7) is 0.387. The number of rotatable bonds is 6. The molecule has 1 amide bonds. The van der Waals surface area contributed by atoms with Crippen LogP contribution < -0.4 is 15.8 Å². The largest absolute Gasteiger partial charge is 0.495 e. The zero-order valence-electron chi connectivity index (χ0n) is 13.1. The first-order chi connectivity index (χ1) is 11.7. The van der Waals surface area contributed by atoms with Gasteiger partial charge in [0.2, 0.25) is 5.91 Å². The fourth-order valence-corrected chi connectivity index (χ4v) is 2.26. The molecule has 0 atom stereocenters. The van der Waals surface area contributed by atoms with Crippen molar-refractivity contribution in [2.75, 3.05) is 12.4 Å². The van der Waals surface area contributed by atoms with Crippen molar-refractivity contribution in [3.8, 4) is 11.4 Å². The van der Waals surface area contributed by atoms with E-state index in [9.17, 15) is 4.79 Å². The Morgan fingerprint density at radius 3 is 2.75 bits per heavy atom. The molecular weight excluding hydrogens is 306 g/mol. The Kier molecular flexibility index (Phi) is 4.42. The number of ether oxygens (including phenoxy) is 1. The highest BCUT2D eigenvalue weighted by Gasteiger charge is 2.09. The third-order valence-corrected chi connectivity index (χ3v) is 3.48. The molecule has 0 unspecified atom stereocenters. The molecule has 0 bridgehead atoms. The third-order valence-electron chi connectivity index (χ3n) is 3.48. The van der Waals surface area contributed by atoms with Crippen LogP contribution in [0.25, 0.3) is 5.69 Å². The Hall–Kier alpha value is -3.35. The predicted octanol–water partition coefficient (Wildman–Crippen LogP) is 1.99. The first-order valence-electron chi connectivity index (χ1n) is 7.35. The summed E-state index contributed by atoms with van der Waals surface area (Å²) in [4.78, 5) is 15.6. The normalized spacial score (nSPS) is 10.4. The third kappa shape index (κ3) is 3.35. The lowest BCUT2D eigenvalue weighted by molar-refractivity contribution is 0.100. The van der Waals surface area contributed by atoms with Crippen molar-refractivity contribution in [2.24, 2.45) is 5.73 Å². The Morgan fingerprint density at radius 1 is 1.25 bits per heavy atom. The van der Waals surface area contributed by atoms with E-state index >= 15 is 0 Å². The topological polar surface area (TPSA) is 95.1 Å². The van der Waals surface area contributed by atoms with E-state index in [4.69, 9.17) is 10.5 Å². The summed E-state index contributed by atoms with van der Waals surface area (Å²) >= 11 is 0. The monoisotopic (exact) mass is 323 g/mol. The number of nitrogens with one attached hydrogen (secondary N) is 1. The standard InChI is InChI=1S/C17H17N5O2/c1-24-15-8-7-12(17(18)23)9-14(15)19-10-16-20-11-22(21-16)13-5-3-2-4-6-13/h2-9,11,19H,10H2,1H3,(H2,18,23). The Morgan fingerprint density at radius 2 is 2.04 bits per heavy atom. The Labute approximate surface area is 139 Å². The quantitative estimate of drug-likeness (QED) is 0.723. The number of anilines is 1. The molecule has 2 aromatic carbocycles. The van der Waals surface area contributed by atoms with Gasteiger partial charge in [-0.3, -0.25) is 4.79 Å². The van der Waals surface area contributed by atoms with E-state index in [1.165, 1.54) is 0 Å². The van der Waals surface area contributed by atoms with E-state index in [0.717, 1.165) is 5.69 Å². The number of nitrogens with zero attached hydrogens (tertiary/aromatic N) is 3. The minimum atomic E-state index is -0.493. The second-order valence-electron chi connectivity index (χ2n) is 5.07. The maximum Gasteiger partial charge on any atom is 0.248 e. The second kappa shape index (κ2) is 6.82. The smallest absolute Gasteiger partial charge is 0.248 e. The van der Waals surface area contributed by atoms with Gasteiger partial charge in [0, 0.05) is 5.56 Å². The van der Waals surface area contributed by atoms with Crippen molar-refractivity contribution < 1.29 is 9.53 Å². The molecule has 0 aliphatic heterocycles. The molecule has 7 heteroatoms. The number of amides is 1. The molecule has 1 heterocycles. The highest BCUT2D eigenvalue weighted by atomic mass is 16.5. The van der Waals surface area contributed by atoms with Gasteiger partial charge in [0.1, 0.15) is 12.1 Å². The number of benzene rings is 2. The van der Waals surface area contributed by atoms with Gasteiger partial charge in [-0.05, 0) is 30.3 Å². The van der Waals surface area contributed by atoms with Crippen molar-refractivity contribution in [3.63, 3.8) is 0 Å². The average molecular weight is 323 g/mol. The van der Waals surface area contributed by atoms with Gasteiger partial charge in [-0.15, -0.1) is 5.10 Å². The van der Waals surface area contributed by atoms with Gasteiger partial charge in [-0.25, -0.2) is 9.67 Å². The first-order valence-corrected chi connectivity index (χ1v) is 7.35. The Balaban J connectivity index is 1.75. The van der Waals surface area contributed by atoms with Crippen LogP contribution in [0.4, 0.5) is 5.69 Å². The molecule has 0 saturated heterocycles. The summed E-state index contributed by atoms with van der Waals surface area (Å²) in [5, 5.41) is 7.59. The highest BCUT2D eigenvalue weighted by Crippen LogP contribution is 2.25. The van der Waals surface area contributed by atoms with Crippen molar-refractivity contribution >= 4 is 11.6 Å². The van der Waals surface area contributed by atoms with Crippen LogP contribution in [0, 0.1) is 0 Å². The van der Waals surface area contributed by atoms with Gasteiger partial charge in [-0.1, -0.05) is 18.2 Å². The summed E-state index contributed by atoms with van der Waals surface area (Å²) in [5.74, 6) is 0.736. The lowest BCUT2D eigenvalue weighted by Gasteiger charge is -2.11. The summed E-state index contributed by atoms with van der Waals surface area (Å²) in [5.41, 5.74) is 7.31. The highest BCUT2D eigenvalue weighted by molar-refractivity contribution is 5.94. The molecule has 24 heavy (non-hydrogen) atoms. The van der Waals surface area contributed by atoms with Crippen molar-refractivity contribution in [2.45, 2.75) is 6.54 Å². The zero-order chi connectivity index (χ0) is 16.9. The zero-order valence-corrected chi connectivity index (χ0v) is 13.1. The number of methoxy groups -OCH3 is 1. The molecule has 122 valence electrons. The minimum Gasteiger partial charge on any atom is -0.495 e. The second-order valence-corrected chi connectivity index (χ2v) is 5.07. The van der Waals surface area contributed by atoms with Gasteiger partial charge in [0.25, 0.3) is 0 Å². The number of carbonyl (C=O) groups excluding carboxylic acids is 1. The molecule has 0 radical (unpaired) electrons. The maximum absolute atomic E-state index is 11.3. The molecule has 3 N–H and O–H groups in total. The van der Waals surface area contributed by atoms with Crippen LogP contribution in [0.2, 0.25) is 0 Å². The van der Waals surface area contributed by atoms with E-state index in [1.807, 2.05) is 30.3 Å². The number of primary amides is 1. The van der Waals surface area contributed by atoms with Gasteiger partial charge < -0.3 is 15.8 Å². The summed E-state index contributed by atoms with van der Waals surface area (Å²) in [7, 11) is 1.56. The molecular formula is C17H17N5O2. The van der Waals surface area contributed by atoms with Crippen LogP contribution in [0.15, 0.2) is 54.9 Å². The van der Waals surface area contributed by atoms with Crippen LogP contribution in [0.1, 0.15) is 16.2 Å². The van der Waals surface area contributed by atoms with Gasteiger partial charge >= 0.3 is 0 Å². The molecule has 1 aromatic heterocycles. The number of aromatic nitrogens is 3. The number of carbonyl (C=O) groups is 1. The first kappa shape index (κ1) is 15.5. The van der Waals surface area contributed by atoms with Crippen LogP contribution in [-0.2, 0) is 6.54 Å². The number of hydrogen-bond donors (Lipinski definition) is 2. The molecule has 7 nitrogen and oxygen atoms in total. The van der Waals surface area contributed by atoms with E-state index in [1.54, 1.807) is 36.3 Å². The van der Waals surface area contributed by atoms with Crippen molar-refractivity contribution in [1.82, 2.24) is 14.8 Å². The number of para-hydroxylation sites is 1. The van der Waals surface area contributed by atoms with Gasteiger partial charge in [0.15, 0.2) is 5.82 Å². The molecule has 3 aromatic rings. The van der Waals surface area contributed by atoms with Gasteiger partial charge in [0.05, 0.1) is 25.0 Å². The van der Waals surface area contributed by atoms with E-state index < -0.39 is 5.91 Å². The molecule has 0 fully saturated rings. The lowest BCUT2D eigenvalue weighted by atomic mass is 10.1. The average Bonchev–Trinajstić information content (AvgIpc) is 3.09. The Bertz CT molecular complexity index is 845. The van der Waals surface area contributed by atoms with E-state index in [2.05, 4.69) is 15.4 Å². The van der Waals surface area contributed by atoms with Crippen LogP contribution in [0.3, 0.4) is 0 Å². The fraction of sp³-hybridized carbons (Fsp3) is 0.118. The molecule has 0 aliphatic rings. The number of hydrogen-bond acceptors (Lipinski definition) is 5. The summed E-state index contributed by atoms with van der Waals surface area (Å²) < 4.78 is 6.98. The fourth-order valence-electron chi connectivity index (χ4n) is 2.26. The van der Waals surface area contributed by atoms with Crippen molar-refractivity contribution in [1.29, 1.82) is 0 Å². The molecule has 0 spiro atoms. The van der Waals surface area contributed by atoms with Crippen LogP contribution in [0.5, 0.6) is 5.75 Å². The van der Waals surface area contributed by atoms with Crippen LogP contribution in [-0.4, -0.2) is 27.8 Å². The van der Waals surface area contributed by atoms with Crippen molar-refractivity contribution in [3.05, 3.63) is 66.2 Å². The SMILES string of the molecule is COc1ccc(C(N)=O)cc1NCc1ncn(-c2ccccc2)n1. The minimum absolute atomic E-state index is 0.387. The summed E-state index contributed by atoms with van der Waals surface area (Å²) in [6.07, 6.45) is 1.66. The maximum atomic E-state index is 11.3. The van der Waals surface area contributed by atoms with E-state index in [0.29, 0.717) is 29.4 Å². The number of nitrogens with two attached hydrogens (primary N) is 1. The molecule has 0 aliphatic carbocycles. The van der Waals surface area contributed by atoms with Crippen LogP contribution >= 0.6 is 0 Å². The van der Waals surface area contributed by atoms with Gasteiger partial charge in [-0.2, -0.15) is 0 Å². The van der Waals surface area contributed by atoms with E-state index in [-0.39, 0.29) is 0 Å². The molecule has 3 rings (SSSR count).